The molecule has 26 heavy (non-hydrogen) atoms. The molecule has 0 unspecified atom stereocenters. The highest BCUT2D eigenvalue weighted by Gasteiger charge is 2.13. The van der Waals surface area contributed by atoms with Gasteiger partial charge in [-0.2, -0.15) is 0 Å². The molecule has 0 aliphatic rings. The Balaban J connectivity index is 1.97. The zero-order chi connectivity index (χ0) is 17.9. The summed E-state index contributed by atoms with van der Waals surface area (Å²) >= 11 is 0. The Kier molecular flexibility index (Phi) is 4.16. The summed E-state index contributed by atoms with van der Waals surface area (Å²) in [4.78, 5) is 0. The average Bonchev–Trinajstić information content (AvgIpc) is 2.70. The van der Waals surface area contributed by atoms with Gasteiger partial charge in [-0.3, -0.25) is 0 Å². The van der Waals surface area contributed by atoms with Gasteiger partial charge in [0.05, 0.1) is 0 Å². The van der Waals surface area contributed by atoms with Crippen molar-refractivity contribution < 1.29 is 0 Å². The van der Waals surface area contributed by atoms with E-state index in [1.54, 1.807) is 0 Å². The fourth-order valence-electron chi connectivity index (χ4n) is 3.24. The third kappa shape index (κ3) is 3.05. The summed E-state index contributed by atoms with van der Waals surface area (Å²) in [5, 5.41) is 0. The quantitative estimate of drug-likeness (QED) is 0.461. The molecular weight excluding hydrogens is 316 g/mol. The number of nitrogen functional groups attached to an aromatic ring is 2. The lowest BCUT2D eigenvalue weighted by Crippen LogP contribution is -1.95. The number of hydrogen-bond acceptors (Lipinski definition) is 2. The van der Waals surface area contributed by atoms with Crippen molar-refractivity contribution in [2.75, 3.05) is 11.5 Å². The summed E-state index contributed by atoms with van der Waals surface area (Å²) in [6.45, 7) is 0. The van der Waals surface area contributed by atoms with Gasteiger partial charge in [0.25, 0.3) is 0 Å². The highest BCUT2D eigenvalue weighted by Crippen LogP contribution is 2.39. The first-order valence-electron chi connectivity index (χ1n) is 8.62. The Bertz CT molecular complexity index is 1020. The monoisotopic (exact) mass is 336 g/mol. The normalized spacial score (nSPS) is 10.6. The lowest BCUT2D eigenvalue weighted by atomic mass is 9.90. The molecule has 4 N–H and O–H groups in total. The Morgan fingerprint density at radius 1 is 0.423 bits per heavy atom. The Hall–Kier alpha value is -3.52. The molecule has 0 amide bonds. The zero-order valence-corrected chi connectivity index (χ0v) is 14.4. The second-order valence-corrected chi connectivity index (χ2v) is 6.34. The molecule has 0 bridgehead atoms. The van der Waals surface area contributed by atoms with Crippen molar-refractivity contribution in [3.8, 4) is 33.4 Å². The van der Waals surface area contributed by atoms with Crippen molar-refractivity contribution in [2.45, 2.75) is 0 Å². The maximum Gasteiger partial charge on any atom is 0.0400 e. The van der Waals surface area contributed by atoms with E-state index in [-0.39, 0.29) is 0 Å². The van der Waals surface area contributed by atoms with Crippen molar-refractivity contribution in [3.05, 3.63) is 97.1 Å². The third-order valence-corrected chi connectivity index (χ3v) is 4.58. The van der Waals surface area contributed by atoms with Crippen molar-refractivity contribution >= 4 is 11.4 Å². The standard InChI is InChI=1S/C24H20N2/c25-20-13-11-19(12-14-20)21-15-23(18-9-5-2-6-10-18)24(26)16-22(21)17-7-3-1-4-8-17/h1-16H,25-26H2. The van der Waals surface area contributed by atoms with Crippen LogP contribution in [0.5, 0.6) is 0 Å². The van der Waals surface area contributed by atoms with Gasteiger partial charge in [0, 0.05) is 16.9 Å². The largest absolute Gasteiger partial charge is 0.399 e. The molecule has 0 aliphatic heterocycles. The van der Waals surface area contributed by atoms with Gasteiger partial charge in [-0.1, -0.05) is 72.8 Å². The van der Waals surface area contributed by atoms with Gasteiger partial charge in [-0.05, 0) is 52.1 Å². The highest BCUT2D eigenvalue weighted by atomic mass is 14.6. The summed E-state index contributed by atoms with van der Waals surface area (Å²) in [6, 6.07) is 32.8. The van der Waals surface area contributed by atoms with Gasteiger partial charge in [-0.15, -0.1) is 0 Å². The average molecular weight is 336 g/mol. The Labute approximate surface area is 153 Å². The van der Waals surface area contributed by atoms with E-state index in [4.69, 9.17) is 11.5 Å². The van der Waals surface area contributed by atoms with E-state index in [9.17, 15) is 0 Å². The first kappa shape index (κ1) is 16.0. The van der Waals surface area contributed by atoms with Crippen molar-refractivity contribution in [1.82, 2.24) is 0 Å². The fraction of sp³-hybridized carbons (Fsp3) is 0. The lowest BCUT2D eigenvalue weighted by molar-refractivity contribution is 1.56. The van der Waals surface area contributed by atoms with E-state index in [1.807, 2.05) is 48.5 Å². The molecule has 4 aromatic rings. The van der Waals surface area contributed by atoms with E-state index < -0.39 is 0 Å². The minimum atomic E-state index is 0.758. The molecule has 0 aromatic heterocycles. The summed E-state index contributed by atoms with van der Waals surface area (Å²) in [6.07, 6.45) is 0. The molecule has 2 heteroatoms. The van der Waals surface area contributed by atoms with Crippen LogP contribution in [0.25, 0.3) is 33.4 Å². The van der Waals surface area contributed by atoms with E-state index in [0.717, 1.165) is 44.8 Å². The summed E-state index contributed by atoms with van der Waals surface area (Å²) in [5.41, 5.74) is 20.5. The predicted octanol–water partition coefficient (Wildman–Crippen LogP) is 5.85. The van der Waals surface area contributed by atoms with Gasteiger partial charge in [0.2, 0.25) is 0 Å². The van der Waals surface area contributed by atoms with E-state index in [0.29, 0.717) is 0 Å². The van der Waals surface area contributed by atoms with Crippen LogP contribution in [0.1, 0.15) is 0 Å². The molecule has 0 saturated heterocycles. The van der Waals surface area contributed by atoms with Crippen molar-refractivity contribution in [1.29, 1.82) is 0 Å². The van der Waals surface area contributed by atoms with Crippen molar-refractivity contribution in [2.24, 2.45) is 0 Å². The minimum absolute atomic E-state index is 0.758. The van der Waals surface area contributed by atoms with Gasteiger partial charge in [0.1, 0.15) is 0 Å². The molecular formula is C24H20N2. The van der Waals surface area contributed by atoms with Crippen LogP contribution in [0, 0.1) is 0 Å². The molecule has 4 rings (SSSR count). The molecule has 0 saturated carbocycles. The van der Waals surface area contributed by atoms with Crippen LogP contribution >= 0.6 is 0 Å². The van der Waals surface area contributed by atoms with Crippen molar-refractivity contribution in [3.63, 3.8) is 0 Å². The Morgan fingerprint density at radius 3 is 1.46 bits per heavy atom. The third-order valence-electron chi connectivity index (χ3n) is 4.58. The summed E-state index contributed by atoms with van der Waals surface area (Å²) < 4.78 is 0. The molecule has 0 atom stereocenters. The van der Waals surface area contributed by atoms with Crippen LogP contribution < -0.4 is 11.5 Å². The smallest absolute Gasteiger partial charge is 0.0400 e. The SMILES string of the molecule is Nc1ccc(-c2cc(-c3ccccc3)c(N)cc2-c2ccccc2)cc1. The number of benzene rings is 4. The van der Waals surface area contributed by atoms with Crippen LogP contribution in [-0.2, 0) is 0 Å². The van der Waals surface area contributed by atoms with Crippen LogP contribution in [-0.4, -0.2) is 0 Å². The van der Waals surface area contributed by atoms with Crippen LogP contribution in [0.3, 0.4) is 0 Å². The van der Waals surface area contributed by atoms with Crippen LogP contribution in [0.15, 0.2) is 97.1 Å². The number of hydrogen-bond donors (Lipinski definition) is 2. The Morgan fingerprint density at radius 2 is 0.885 bits per heavy atom. The van der Waals surface area contributed by atoms with Gasteiger partial charge >= 0.3 is 0 Å². The first-order chi connectivity index (χ1) is 12.7. The maximum atomic E-state index is 6.44. The predicted molar refractivity (Wildman–Crippen MR) is 112 cm³/mol. The maximum absolute atomic E-state index is 6.44. The summed E-state index contributed by atoms with van der Waals surface area (Å²) in [7, 11) is 0. The molecule has 2 nitrogen and oxygen atoms in total. The van der Waals surface area contributed by atoms with E-state index in [1.165, 1.54) is 0 Å². The molecule has 0 fully saturated rings. The highest BCUT2D eigenvalue weighted by molar-refractivity contribution is 5.92. The second kappa shape index (κ2) is 6.77. The minimum Gasteiger partial charge on any atom is -0.399 e. The topological polar surface area (TPSA) is 52.0 Å². The van der Waals surface area contributed by atoms with E-state index >= 15 is 0 Å². The lowest BCUT2D eigenvalue weighted by Gasteiger charge is -2.16. The number of anilines is 2. The molecule has 0 radical (unpaired) electrons. The number of nitrogens with two attached hydrogens (primary N) is 2. The van der Waals surface area contributed by atoms with Crippen LogP contribution in [0.2, 0.25) is 0 Å². The summed E-state index contributed by atoms with van der Waals surface area (Å²) in [5.74, 6) is 0. The number of rotatable bonds is 3. The second-order valence-electron chi connectivity index (χ2n) is 6.34. The fourth-order valence-corrected chi connectivity index (χ4v) is 3.24. The van der Waals surface area contributed by atoms with Crippen LogP contribution in [0.4, 0.5) is 11.4 Å². The molecule has 4 aromatic carbocycles. The molecule has 0 aliphatic carbocycles. The molecule has 126 valence electrons. The molecule has 0 heterocycles. The van der Waals surface area contributed by atoms with Gasteiger partial charge in [-0.25, -0.2) is 0 Å². The molecule has 0 spiro atoms. The van der Waals surface area contributed by atoms with Gasteiger partial charge < -0.3 is 11.5 Å². The first-order valence-corrected chi connectivity index (χ1v) is 8.62. The van der Waals surface area contributed by atoms with Gasteiger partial charge in [0.15, 0.2) is 0 Å². The zero-order valence-electron chi connectivity index (χ0n) is 14.4. The van der Waals surface area contributed by atoms with E-state index in [2.05, 4.69) is 48.5 Å².